The molecule has 0 saturated carbocycles. The van der Waals surface area contributed by atoms with Crippen LogP contribution in [-0.2, 0) is 0 Å². The Morgan fingerprint density at radius 1 is 1.00 bits per heavy atom. The minimum absolute atomic E-state index is 0.196. The van der Waals surface area contributed by atoms with Crippen LogP contribution in [0.1, 0.15) is 32.6 Å². The highest BCUT2D eigenvalue weighted by Crippen LogP contribution is 1.96. The largest absolute Gasteiger partial charge is 0.395 e. The fourth-order valence-corrected chi connectivity index (χ4v) is 0.873. The van der Waals surface area contributed by atoms with E-state index in [9.17, 15) is 0 Å². The summed E-state index contributed by atoms with van der Waals surface area (Å²) in [4.78, 5) is 0. The van der Waals surface area contributed by atoms with Crippen molar-refractivity contribution in [2.45, 2.75) is 32.6 Å². The van der Waals surface area contributed by atoms with E-state index in [1.54, 1.807) is 0 Å². The van der Waals surface area contributed by atoms with Gasteiger partial charge in [0.05, 0.1) is 6.61 Å². The highest BCUT2D eigenvalue weighted by atomic mass is 16.3. The summed E-state index contributed by atoms with van der Waals surface area (Å²) in [5.74, 6) is 0. The van der Waals surface area contributed by atoms with E-state index in [1.165, 1.54) is 25.7 Å². The molecular weight excluding hydrogens is 140 g/mol. The number of hydrogen-bond donors (Lipinski definition) is 3. The molecule has 3 heteroatoms. The monoisotopic (exact) mass is 160 g/mol. The standard InChI is InChI=1S/C8H20N2O/c1-2-3-4-5-6-9-10-7-8-11/h9-11H,2-8H2,1H3. The van der Waals surface area contributed by atoms with Gasteiger partial charge in [0.25, 0.3) is 0 Å². The summed E-state index contributed by atoms with van der Waals surface area (Å²) in [5, 5.41) is 8.40. The molecule has 0 atom stereocenters. The summed E-state index contributed by atoms with van der Waals surface area (Å²) < 4.78 is 0. The molecular formula is C8H20N2O. The number of aliphatic hydroxyl groups excluding tert-OH is 1. The summed E-state index contributed by atoms with van der Waals surface area (Å²) in [5.41, 5.74) is 5.95. The van der Waals surface area contributed by atoms with Crippen LogP contribution < -0.4 is 10.9 Å². The lowest BCUT2D eigenvalue weighted by Gasteiger charge is -2.03. The molecule has 0 bridgehead atoms. The van der Waals surface area contributed by atoms with E-state index >= 15 is 0 Å². The number of rotatable bonds is 8. The van der Waals surface area contributed by atoms with Gasteiger partial charge in [0.2, 0.25) is 0 Å². The van der Waals surface area contributed by atoms with Crippen molar-refractivity contribution in [3.8, 4) is 0 Å². The van der Waals surface area contributed by atoms with Gasteiger partial charge in [-0.15, -0.1) is 0 Å². The number of hydrogen-bond acceptors (Lipinski definition) is 3. The summed E-state index contributed by atoms with van der Waals surface area (Å²) in [6, 6.07) is 0. The van der Waals surface area contributed by atoms with Crippen molar-refractivity contribution in [1.82, 2.24) is 10.9 Å². The summed E-state index contributed by atoms with van der Waals surface area (Å²) in [6.07, 6.45) is 5.11. The molecule has 0 unspecified atom stereocenters. The average Bonchev–Trinajstić information content (AvgIpc) is 2.03. The first kappa shape index (κ1) is 10.9. The molecule has 0 saturated heterocycles. The van der Waals surface area contributed by atoms with E-state index in [0.29, 0.717) is 6.54 Å². The lowest BCUT2D eigenvalue weighted by molar-refractivity contribution is 0.283. The van der Waals surface area contributed by atoms with E-state index in [1.807, 2.05) is 0 Å². The number of nitrogens with one attached hydrogen (secondary N) is 2. The molecule has 0 aromatic rings. The fourth-order valence-electron chi connectivity index (χ4n) is 0.873. The predicted octanol–water partition coefficient (Wildman–Crippen LogP) is 0.653. The van der Waals surface area contributed by atoms with Crippen LogP contribution in [0.5, 0.6) is 0 Å². The third kappa shape index (κ3) is 9.88. The molecule has 0 aromatic heterocycles. The van der Waals surface area contributed by atoms with Crippen LogP contribution in [0.25, 0.3) is 0 Å². The third-order valence-electron chi connectivity index (χ3n) is 1.52. The maximum atomic E-state index is 8.40. The molecule has 3 N–H and O–H groups in total. The van der Waals surface area contributed by atoms with Crippen LogP contribution in [-0.4, -0.2) is 24.8 Å². The molecule has 0 aliphatic rings. The average molecular weight is 160 g/mol. The van der Waals surface area contributed by atoms with Crippen molar-refractivity contribution in [2.24, 2.45) is 0 Å². The third-order valence-corrected chi connectivity index (χ3v) is 1.52. The van der Waals surface area contributed by atoms with Gasteiger partial charge in [0.1, 0.15) is 0 Å². The molecule has 0 radical (unpaired) electrons. The lowest BCUT2D eigenvalue weighted by atomic mass is 10.2. The molecule has 0 amide bonds. The fraction of sp³-hybridized carbons (Fsp3) is 1.00. The molecule has 0 rings (SSSR count). The van der Waals surface area contributed by atoms with E-state index < -0.39 is 0 Å². The minimum atomic E-state index is 0.196. The first-order chi connectivity index (χ1) is 5.41. The summed E-state index contributed by atoms with van der Waals surface area (Å²) in [6.45, 7) is 4.03. The van der Waals surface area contributed by atoms with E-state index in [2.05, 4.69) is 17.8 Å². The SMILES string of the molecule is CCCCCCNNCCO. The van der Waals surface area contributed by atoms with Gasteiger partial charge in [-0.05, 0) is 6.42 Å². The molecule has 11 heavy (non-hydrogen) atoms. The van der Waals surface area contributed by atoms with E-state index in [0.717, 1.165) is 6.54 Å². The van der Waals surface area contributed by atoms with Gasteiger partial charge in [-0.1, -0.05) is 26.2 Å². The van der Waals surface area contributed by atoms with Crippen LogP contribution in [0.2, 0.25) is 0 Å². The predicted molar refractivity (Wildman–Crippen MR) is 47.2 cm³/mol. The summed E-state index contributed by atoms with van der Waals surface area (Å²) >= 11 is 0. The molecule has 3 nitrogen and oxygen atoms in total. The van der Waals surface area contributed by atoms with Gasteiger partial charge < -0.3 is 5.11 Å². The molecule has 0 aliphatic carbocycles. The topological polar surface area (TPSA) is 44.3 Å². The molecule has 0 heterocycles. The number of hydrazine groups is 1. The molecule has 0 spiro atoms. The quantitative estimate of drug-likeness (QED) is 0.361. The Hall–Kier alpha value is -0.120. The zero-order valence-electron chi connectivity index (χ0n) is 7.40. The lowest BCUT2D eigenvalue weighted by Crippen LogP contribution is -2.34. The Morgan fingerprint density at radius 2 is 1.73 bits per heavy atom. The van der Waals surface area contributed by atoms with Gasteiger partial charge >= 0.3 is 0 Å². The first-order valence-electron chi connectivity index (χ1n) is 4.48. The number of unbranched alkanes of at least 4 members (excludes halogenated alkanes) is 3. The van der Waals surface area contributed by atoms with E-state index in [4.69, 9.17) is 5.11 Å². The van der Waals surface area contributed by atoms with Crippen LogP contribution in [0.4, 0.5) is 0 Å². The second kappa shape index (κ2) is 9.88. The van der Waals surface area contributed by atoms with Crippen LogP contribution >= 0.6 is 0 Å². The van der Waals surface area contributed by atoms with Crippen molar-refractivity contribution in [2.75, 3.05) is 19.7 Å². The highest BCUT2D eigenvalue weighted by Gasteiger charge is 1.86. The number of aliphatic hydroxyl groups is 1. The van der Waals surface area contributed by atoms with Crippen LogP contribution in [0, 0.1) is 0 Å². The van der Waals surface area contributed by atoms with Crippen molar-refractivity contribution >= 4 is 0 Å². The van der Waals surface area contributed by atoms with Crippen molar-refractivity contribution in [1.29, 1.82) is 0 Å². The zero-order valence-corrected chi connectivity index (χ0v) is 7.40. The minimum Gasteiger partial charge on any atom is -0.395 e. The second-order valence-electron chi connectivity index (χ2n) is 2.64. The molecule has 68 valence electrons. The van der Waals surface area contributed by atoms with E-state index in [-0.39, 0.29) is 6.61 Å². The van der Waals surface area contributed by atoms with Crippen LogP contribution in [0.3, 0.4) is 0 Å². The smallest absolute Gasteiger partial charge is 0.0569 e. The van der Waals surface area contributed by atoms with Gasteiger partial charge in [-0.2, -0.15) is 0 Å². The maximum absolute atomic E-state index is 8.40. The zero-order chi connectivity index (χ0) is 8.36. The maximum Gasteiger partial charge on any atom is 0.0569 e. The molecule has 0 aliphatic heterocycles. The Bertz CT molecular complexity index is 61.1. The van der Waals surface area contributed by atoms with Gasteiger partial charge in [0, 0.05) is 13.1 Å². The van der Waals surface area contributed by atoms with Crippen molar-refractivity contribution in [3.05, 3.63) is 0 Å². The van der Waals surface area contributed by atoms with Crippen molar-refractivity contribution < 1.29 is 5.11 Å². The molecule has 0 aromatic carbocycles. The Kier molecular flexibility index (Phi) is 9.77. The highest BCUT2D eigenvalue weighted by molar-refractivity contribution is 4.44. The first-order valence-corrected chi connectivity index (χ1v) is 4.48. The Morgan fingerprint density at radius 3 is 2.36 bits per heavy atom. The van der Waals surface area contributed by atoms with Gasteiger partial charge in [-0.25, -0.2) is 0 Å². The van der Waals surface area contributed by atoms with Crippen LogP contribution in [0.15, 0.2) is 0 Å². The normalized spacial score (nSPS) is 10.4. The van der Waals surface area contributed by atoms with Gasteiger partial charge in [-0.3, -0.25) is 10.9 Å². The Labute approximate surface area is 69.2 Å². The molecule has 0 fully saturated rings. The van der Waals surface area contributed by atoms with Crippen molar-refractivity contribution in [3.63, 3.8) is 0 Å². The van der Waals surface area contributed by atoms with Gasteiger partial charge in [0.15, 0.2) is 0 Å². The second-order valence-corrected chi connectivity index (χ2v) is 2.64. The summed E-state index contributed by atoms with van der Waals surface area (Å²) in [7, 11) is 0. The Balaban J connectivity index is 2.69.